The zero-order valence-corrected chi connectivity index (χ0v) is 13.1. The van der Waals surface area contributed by atoms with Gasteiger partial charge in [-0.15, -0.1) is 0 Å². The standard InChI is InChI=1S/C15H21BrN2O/c1-3-18(14-8-9-14)15(19)10-17-11(2)12-4-6-13(16)7-5-12/h4-7,11,14,17H,3,8-10H2,1-2H3. The second-order valence-corrected chi connectivity index (χ2v) is 5.98. The topological polar surface area (TPSA) is 32.3 Å². The first-order chi connectivity index (χ1) is 9.11. The van der Waals surface area contributed by atoms with E-state index < -0.39 is 0 Å². The summed E-state index contributed by atoms with van der Waals surface area (Å²) in [6, 6.07) is 8.89. The highest BCUT2D eigenvalue weighted by molar-refractivity contribution is 9.10. The number of carbonyl (C=O) groups excluding carboxylic acids is 1. The molecule has 1 aromatic rings. The Kier molecular flexibility index (Phi) is 4.99. The van der Waals surface area contributed by atoms with Gasteiger partial charge < -0.3 is 10.2 Å². The Hall–Kier alpha value is -0.870. The van der Waals surface area contributed by atoms with Crippen LogP contribution in [0.5, 0.6) is 0 Å². The lowest BCUT2D eigenvalue weighted by atomic mass is 10.1. The average Bonchev–Trinajstić information content (AvgIpc) is 3.22. The lowest BCUT2D eigenvalue weighted by Crippen LogP contribution is -2.40. The van der Waals surface area contributed by atoms with Crippen molar-refractivity contribution in [3.63, 3.8) is 0 Å². The molecule has 104 valence electrons. The van der Waals surface area contributed by atoms with Crippen LogP contribution in [0.2, 0.25) is 0 Å². The van der Waals surface area contributed by atoms with Crippen molar-refractivity contribution in [1.82, 2.24) is 10.2 Å². The van der Waals surface area contributed by atoms with Crippen LogP contribution < -0.4 is 5.32 Å². The predicted octanol–water partition coefficient (Wildman–Crippen LogP) is 3.11. The summed E-state index contributed by atoms with van der Waals surface area (Å²) in [5.74, 6) is 0.217. The number of amides is 1. The second-order valence-electron chi connectivity index (χ2n) is 5.07. The highest BCUT2D eigenvalue weighted by atomic mass is 79.9. The molecule has 1 amide bonds. The van der Waals surface area contributed by atoms with Gasteiger partial charge in [-0.25, -0.2) is 0 Å². The summed E-state index contributed by atoms with van der Waals surface area (Å²) < 4.78 is 1.07. The number of likely N-dealkylation sites (N-methyl/N-ethyl adjacent to an activating group) is 1. The van der Waals surface area contributed by atoms with E-state index in [0.29, 0.717) is 12.6 Å². The van der Waals surface area contributed by atoms with Gasteiger partial charge in [-0.3, -0.25) is 4.79 Å². The minimum atomic E-state index is 0.190. The maximum Gasteiger partial charge on any atom is 0.236 e. The number of nitrogens with zero attached hydrogens (tertiary/aromatic N) is 1. The van der Waals surface area contributed by atoms with Gasteiger partial charge in [0.2, 0.25) is 5.91 Å². The van der Waals surface area contributed by atoms with E-state index in [0.717, 1.165) is 11.0 Å². The molecule has 2 rings (SSSR count). The third-order valence-corrected chi connectivity index (χ3v) is 4.11. The molecule has 1 aliphatic carbocycles. The van der Waals surface area contributed by atoms with Gasteiger partial charge in [0.1, 0.15) is 0 Å². The fourth-order valence-electron chi connectivity index (χ4n) is 2.24. The Morgan fingerprint density at radius 3 is 2.58 bits per heavy atom. The molecule has 0 radical (unpaired) electrons. The Morgan fingerprint density at radius 2 is 2.05 bits per heavy atom. The molecule has 1 atom stereocenters. The second kappa shape index (κ2) is 6.53. The number of halogens is 1. The van der Waals surface area contributed by atoms with Crippen molar-refractivity contribution in [2.75, 3.05) is 13.1 Å². The molecule has 0 bridgehead atoms. The smallest absolute Gasteiger partial charge is 0.236 e. The van der Waals surface area contributed by atoms with Crippen LogP contribution in [0.3, 0.4) is 0 Å². The summed E-state index contributed by atoms with van der Waals surface area (Å²) in [6.45, 7) is 5.37. The monoisotopic (exact) mass is 324 g/mol. The molecule has 1 aliphatic rings. The maximum atomic E-state index is 12.1. The highest BCUT2D eigenvalue weighted by Crippen LogP contribution is 2.26. The van der Waals surface area contributed by atoms with E-state index >= 15 is 0 Å². The molecule has 0 aliphatic heterocycles. The first-order valence-corrected chi connectivity index (χ1v) is 7.69. The molecule has 0 heterocycles. The largest absolute Gasteiger partial charge is 0.339 e. The molecule has 3 nitrogen and oxygen atoms in total. The molecule has 1 saturated carbocycles. The Morgan fingerprint density at radius 1 is 1.42 bits per heavy atom. The van der Waals surface area contributed by atoms with E-state index in [2.05, 4.69) is 40.3 Å². The van der Waals surface area contributed by atoms with Crippen molar-refractivity contribution >= 4 is 21.8 Å². The summed E-state index contributed by atoms with van der Waals surface area (Å²) in [5.41, 5.74) is 1.20. The minimum absolute atomic E-state index is 0.190. The van der Waals surface area contributed by atoms with Gasteiger partial charge in [0.05, 0.1) is 6.54 Å². The van der Waals surface area contributed by atoms with Gasteiger partial charge in [-0.2, -0.15) is 0 Å². The number of benzene rings is 1. The van der Waals surface area contributed by atoms with Crippen molar-refractivity contribution in [1.29, 1.82) is 0 Å². The maximum absolute atomic E-state index is 12.1. The highest BCUT2D eigenvalue weighted by Gasteiger charge is 2.31. The summed E-state index contributed by atoms with van der Waals surface area (Å²) in [4.78, 5) is 14.1. The molecule has 19 heavy (non-hydrogen) atoms. The van der Waals surface area contributed by atoms with E-state index in [-0.39, 0.29) is 11.9 Å². The number of rotatable bonds is 6. The van der Waals surface area contributed by atoms with E-state index in [4.69, 9.17) is 0 Å². The minimum Gasteiger partial charge on any atom is -0.339 e. The molecule has 1 fully saturated rings. The fourth-order valence-corrected chi connectivity index (χ4v) is 2.50. The number of carbonyl (C=O) groups is 1. The lowest BCUT2D eigenvalue weighted by Gasteiger charge is -2.22. The molecule has 0 saturated heterocycles. The molecular weight excluding hydrogens is 304 g/mol. The Balaban J connectivity index is 1.84. The van der Waals surface area contributed by atoms with Crippen molar-refractivity contribution in [2.45, 2.75) is 38.8 Å². The van der Waals surface area contributed by atoms with E-state index in [9.17, 15) is 4.79 Å². The molecule has 1 unspecified atom stereocenters. The number of hydrogen-bond acceptors (Lipinski definition) is 2. The molecule has 0 aromatic heterocycles. The van der Waals surface area contributed by atoms with Gasteiger partial charge in [0, 0.05) is 23.1 Å². The average molecular weight is 325 g/mol. The lowest BCUT2D eigenvalue weighted by molar-refractivity contribution is -0.130. The van der Waals surface area contributed by atoms with Crippen LogP contribution in [0, 0.1) is 0 Å². The summed E-state index contributed by atoms with van der Waals surface area (Å²) in [6.07, 6.45) is 2.34. The van der Waals surface area contributed by atoms with Gasteiger partial charge >= 0.3 is 0 Å². The predicted molar refractivity (Wildman–Crippen MR) is 81.0 cm³/mol. The Labute approximate surface area is 123 Å². The van der Waals surface area contributed by atoms with Crippen LogP contribution in [-0.4, -0.2) is 29.9 Å². The van der Waals surface area contributed by atoms with Crippen LogP contribution in [0.25, 0.3) is 0 Å². The number of hydrogen-bond donors (Lipinski definition) is 1. The van der Waals surface area contributed by atoms with Gasteiger partial charge in [0.25, 0.3) is 0 Å². The summed E-state index contributed by atoms with van der Waals surface area (Å²) in [5, 5.41) is 3.31. The van der Waals surface area contributed by atoms with Crippen molar-refractivity contribution < 1.29 is 4.79 Å². The Bertz CT molecular complexity index is 428. The van der Waals surface area contributed by atoms with E-state index in [1.165, 1.54) is 18.4 Å². The van der Waals surface area contributed by atoms with Gasteiger partial charge in [-0.05, 0) is 44.4 Å². The molecule has 1 aromatic carbocycles. The quantitative estimate of drug-likeness (QED) is 0.872. The first kappa shape index (κ1) is 14.5. The third kappa shape index (κ3) is 4.05. The molecule has 0 spiro atoms. The van der Waals surface area contributed by atoms with E-state index in [1.807, 2.05) is 24.0 Å². The van der Waals surface area contributed by atoms with E-state index in [1.54, 1.807) is 0 Å². The van der Waals surface area contributed by atoms with Crippen LogP contribution >= 0.6 is 15.9 Å². The zero-order valence-electron chi connectivity index (χ0n) is 11.5. The van der Waals surface area contributed by atoms with Gasteiger partial charge in [-0.1, -0.05) is 28.1 Å². The van der Waals surface area contributed by atoms with Crippen LogP contribution in [0.4, 0.5) is 0 Å². The van der Waals surface area contributed by atoms with Crippen molar-refractivity contribution in [2.24, 2.45) is 0 Å². The SMILES string of the molecule is CCN(C(=O)CNC(C)c1ccc(Br)cc1)C1CC1. The molecule has 4 heteroatoms. The van der Waals surface area contributed by atoms with Crippen LogP contribution in [0.1, 0.15) is 38.3 Å². The molecular formula is C15H21BrN2O. The zero-order chi connectivity index (χ0) is 13.8. The summed E-state index contributed by atoms with van der Waals surface area (Å²) in [7, 11) is 0. The first-order valence-electron chi connectivity index (χ1n) is 6.90. The fraction of sp³-hybridized carbons (Fsp3) is 0.533. The normalized spacial score (nSPS) is 16.2. The molecule has 1 N–H and O–H groups in total. The van der Waals surface area contributed by atoms with Crippen molar-refractivity contribution in [3.8, 4) is 0 Å². The van der Waals surface area contributed by atoms with Gasteiger partial charge in [0.15, 0.2) is 0 Å². The van der Waals surface area contributed by atoms with Crippen LogP contribution in [-0.2, 0) is 4.79 Å². The third-order valence-electron chi connectivity index (χ3n) is 3.58. The number of nitrogens with one attached hydrogen (secondary N) is 1. The van der Waals surface area contributed by atoms with Crippen molar-refractivity contribution in [3.05, 3.63) is 34.3 Å². The van der Waals surface area contributed by atoms with Crippen LogP contribution in [0.15, 0.2) is 28.7 Å². The summed E-state index contributed by atoms with van der Waals surface area (Å²) >= 11 is 3.43.